The fourth-order valence-corrected chi connectivity index (χ4v) is 3.24. The predicted octanol–water partition coefficient (Wildman–Crippen LogP) is 2.71. The first kappa shape index (κ1) is 18.2. The van der Waals surface area contributed by atoms with Gasteiger partial charge in [-0.15, -0.1) is 11.3 Å². The van der Waals surface area contributed by atoms with Gasteiger partial charge in [-0.05, 0) is 36.3 Å². The van der Waals surface area contributed by atoms with Crippen LogP contribution in [0.15, 0.2) is 23.6 Å². The zero-order chi connectivity index (χ0) is 17.4. The molecule has 2 atom stereocenters. The first-order chi connectivity index (χ1) is 11.5. The summed E-state index contributed by atoms with van der Waals surface area (Å²) >= 11 is 1.49. The Morgan fingerprint density at radius 2 is 2.12 bits per heavy atom. The van der Waals surface area contributed by atoms with Crippen LogP contribution >= 0.6 is 11.3 Å². The molecule has 24 heavy (non-hydrogen) atoms. The standard InChI is InChI=1S/C17H22N2O4S/c1-12-5-2-3-7-14(12)18-17(22)19-15(20)11-23-16(21)9-8-13-6-4-10-24-13/h4,6,8-10,12,14H,2-3,5,7,11H2,1H3,(H2,18,19,20,22)/b9-8+/t12-,14-/m1/s1. The summed E-state index contributed by atoms with van der Waals surface area (Å²) in [7, 11) is 0. The molecule has 1 fully saturated rings. The van der Waals surface area contributed by atoms with Crippen molar-refractivity contribution in [2.45, 2.75) is 38.6 Å². The number of esters is 1. The van der Waals surface area contributed by atoms with E-state index in [4.69, 9.17) is 4.74 Å². The lowest BCUT2D eigenvalue weighted by Crippen LogP contribution is -2.48. The van der Waals surface area contributed by atoms with Crippen molar-refractivity contribution in [1.82, 2.24) is 10.6 Å². The molecule has 2 N–H and O–H groups in total. The van der Waals surface area contributed by atoms with Crippen molar-refractivity contribution in [3.8, 4) is 0 Å². The van der Waals surface area contributed by atoms with Crippen LogP contribution in [-0.2, 0) is 14.3 Å². The largest absolute Gasteiger partial charge is 0.452 e. The van der Waals surface area contributed by atoms with E-state index in [0.29, 0.717) is 5.92 Å². The summed E-state index contributed by atoms with van der Waals surface area (Å²) in [5, 5.41) is 6.88. The zero-order valence-electron chi connectivity index (χ0n) is 13.6. The van der Waals surface area contributed by atoms with E-state index in [-0.39, 0.29) is 6.04 Å². The number of amides is 3. The second kappa shape index (κ2) is 9.22. The minimum atomic E-state index is -0.645. The minimum absolute atomic E-state index is 0.0860. The van der Waals surface area contributed by atoms with Crippen molar-refractivity contribution in [3.05, 3.63) is 28.5 Å². The second-order valence-electron chi connectivity index (χ2n) is 5.85. The minimum Gasteiger partial charge on any atom is -0.452 e. The van der Waals surface area contributed by atoms with Gasteiger partial charge in [0.1, 0.15) is 0 Å². The molecule has 1 aromatic heterocycles. The van der Waals surface area contributed by atoms with Gasteiger partial charge >= 0.3 is 12.0 Å². The molecule has 1 aliphatic rings. The summed E-state index contributed by atoms with van der Waals surface area (Å²) in [6, 6.07) is 3.28. The Morgan fingerprint density at radius 3 is 2.83 bits per heavy atom. The summed E-state index contributed by atoms with van der Waals surface area (Å²) in [6.45, 7) is 1.61. The molecule has 7 heteroatoms. The molecule has 2 rings (SSSR count). The van der Waals surface area contributed by atoms with E-state index in [1.165, 1.54) is 23.8 Å². The fraction of sp³-hybridized carbons (Fsp3) is 0.471. The molecular formula is C17H22N2O4S. The number of imide groups is 1. The van der Waals surface area contributed by atoms with E-state index in [0.717, 1.165) is 24.1 Å². The van der Waals surface area contributed by atoms with Gasteiger partial charge in [0.25, 0.3) is 5.91 Å². The summed E-state index contributed by atoms with van der Waals surface area (Å²) < 4.78 is 4.80. The van der Waals surface area contributed by atoms with Crippen molar-refractivity contribution in [2.75, 3.05) is 6.61 Å². The Labute approximate surface area is 145 Å². The Hall–Kier alpha value is -2.15. The van der Waals surface area contributed by atoms with Crippen LogP contribution in [0, 0.1) is 5.92 Å². The Morgan fingerprint density at radius 1 is 1.33 bits per heavy atom. The maximum atomic E-state index is 11.8. The van der Waals surface area contributed by atoms with Crippen LogP contribution in [0.3, 0.4) is 0 Å². The van der Waals surface area contributed by atoms with Crippen LogP contribution in [0.1, 0.15) is 37.5 Å². The molecule has 0 spiro atoms. The monoisotopic (exact) mass is 350 g/mol. The lowest BCUT2D eigenvalue weighted by atomic mass is 9.86. The molecule has 0 saturated heterocycles. The molecule has 0 radical (unpaired) electrons. The van der Waals surface area contributed by atoms with Gasteiger partial charge in [-0.25, -0.2) is 9.59 Å². The van der Waals surface area contributed by atoms with E-state index in [1.54, 1.807) is 6.08 Å². The number of hydrogen-bond acceptors (Lipinski definition) is 5. The predicted molar refractivity (Wildman–Crippen MR) is 92.4 cm³/mol. The number of hydrogen-bond donors (Lipinski definition) is 2. The molecule has 0 aromatic carbocycles. The average Bonchev–Trinajstić information content (AvgIpc) is 3.06. The Kier molecular flexibility index (Phi) is 6.99. The van der Waals surface area contributed by atoms with Crippen molar-refractivity contribution >= 4 is 35.3 Å². The molecule has 3 amide bonds. The third kappa shape index (κ3) is 6.16. The van der Waals surface area contributed by atoms with E-state index < -0.39 is 24.5 Å². The average molecular weight is 350 g/mol. The highest BCUT2D eigenvalue weighted by Gasteiger charge is 2.23. The van der Waals surface area contributed by atoms with Crippen molar-refractivity contribution in [2.24, 2.45) is 5.92 Å². The maximum Gasteiger partial charge on any atom is 0.331 e. The normalized spacial score (nSPS) is 20.5. The van der Waals surface area contributed by atoms with Crippen LogP contribution < -0.4 is 10.6 Å². The van der Waals surface area contributed by atoms with Gasteiger partial charge in [0.15, 0.2) is 6.61 Å². The first-order valence-electron chi connectivity index (χ1n) is 8.03. The van der Waals surface area contributed by atoms with Crippen LogP contribution in [0.25, 0.3) is 6.08 Å². The van der Waals surface area contributed by atoms with Crippen LogP contribution in [0.2, 0.25) is 0 Å². The molecular weight excluding hydrogens is 328 g/mol. The SMILES string of the molecule is C[C@@H]1CCCC[C@H]1NC(=O)NC(=O)COC(=O)/C=C/c1cccs1. The lowest BCUT2D eigenvalue weighted by molar-refractivity contribution is -0.143. The van der Waals surface area contributed by atoms with Gasteiger partial charge in [0.2, 0.25) is 0 Å². The molecule has 130 valence electrons. The number of ether oxygens (including phenoxy) is 1. The molecule has 1 aliphatic carbocycles. The van der Waals surface area contributed by atoms with E-state index >= 15 is 0 Å². The smallest absolute Gasteiger partial charge is 0.331 e. The van der Waals surface area contributed by atoms with Gasteiger partial charge < -0.3 is 10.1 Å². The molecule has 1 saturated carbocycles. The quantitative estimate of drug-likeness (QED) is 0.632. The van der Waals surface area contributed by atoms with E-state index in [2.05, 4.69) is 17.6 Å². The number of carbonyl (C=O) groups excluding carboxylic acids is 3. The van der Waals surface area contributed by atoms with Crippen molar-refractivity contribution < 1.29 is 19.1 Å². The lowest BCUT2D eigenvalue weighted by Gasteiger charge is -2.29. The fourth-order valence-electron chi connectivity index (χ4n) is 2.62. The zero-order valence-corrected chi connectivity index (χ0v) is 14.4. The number of rotatable bonds is 5. The summed E-state index contributed by atoms with van der Waals surface area (Å²) in [5.41, 5.74) is 0. The number of thiophene rings is 1. The number of carbonyl (C=O) groups is 3. The third-order valence-electron chi connectivity index (χ3n) is 3.95. The van der Waals surface area contributed by atoms with Crippen molar-refractivity contribution in [3.63, 3.8) is 0 Å². The number of nitrogens with one attached hydrogen (secondary N) is 2. The summed E-state index contributed by atoms with van der Waals surface area (Å²) in [5.74, 6) is -0.867. The van der Waals surface area contributed by atoms with Crippen molar-refractivity contribution in [1.29, 1.82) is 0 Å². The van der Waals surface area contributed by atoms with E-state index in [9.17, 15) is 14.4 Å². The highest BCUT2D eigenvalue weighted by molar-refractivity contribution is 7.10. The highest BCUT2D eigenvalue weighted by atomic mass is 32.1. The molecule has 0 bridgehead atoms. The molecule has 6 nitrogen and oxygen atoms in total. The second-order valence-corrected chi connectivity index (χ2v) is 6.83. The van der Waals surface area contributed by atoms with Crippen LogP contribution in [-0.4, -0.2) is 30.6 Å². The van der Waals surface area contributed by atoms with Crippen LogP contribution in [0.5, 0.6) is 0 Å². The molecule has 0 unspecified atom stereocenters. The first-order valence-corrected chi connectivity index (χ1v) is 8.91. The van der Waals surface area contributed by atoms with Gasteiger partial charge in [-0.1, -0.05) is 25.8 Å². The third-order valence-corrected chi connectivity index (χ3v) is 4.79. The Bertz CT molecular complexity index is 598. The highest BCUT2D eigenvalue weighted by Crippen LogP contribution is 2.23. The number of urea groups is 1. The summed E-state index contributed by atoms with van der Waals surface area (Å²) in [6.07, 6.45) is 7.12. The summed E-state index contributed by atoms with van der Waals surface area (Å²) in [4.78, 5) is 35.9. The topological polar surface area (TPSA) is 84.5 Å². The van der Waals surface area contributed by atoms with E-state index in [1.807, 2.05) is 17.5 Å². The Balaban J connectivity index is 1.66. The molecule has 1 aromatic rings. The van der Waals surface area contributed by atoms with Gasteiger partial charge in [-0.2, -0.15) is 0 Å². The van der Waals surface area contributed by atoms with Gasteiger partial charge in [0, 0.05) is 17.0 Å². The molecule has 0 aliphatic heterocycles. The van der Waals surface area contributed by atoms with Crippen LogP contribution in [0.4, 0.5) is 4.79 Å². The van der Waals surface area contributed by atoms with Gasteiger partial charge in [-0.3, -0.25) is 10.1 Å². The molecule has 1 heterocycles. The van der Waals surface area contributed by atoms with Gasteiger partial charge in [0.05, 0.1) is 0 Å². The maximum absolute atomic E-state index is 11.8.